The van der Waals surface area contributed by atoms with Gasteiger partial charge in [-0.3, -0.25) is 0 Å². The predicted molar refractivity (Wildman–Crippen MR) is 55.1 cm³/mol. The molecule has 0 aliphatic heterocycles. The zero-order valence-corrected chi connectivity index (χ0v) is 9.82. The van der Waals surface area contributed by atoms with E-state index in [1.54, 1.807) is 4.72 Å². The Morgan fingerprint density at radius 2 is 2.12 bits per heavy atom. The number of hydrogen-bond acceptors (Lipinski definition) is 3. The normalized spacial score (nSPS) is 12.8. The lowest BCUT2D eigenvalue weighted by Crippen LogP contribution is -2.34. The molecule has 8 heteroatoms. The van der Waals surface area contributed by atoms with Gasteiger partial charge in [0.1, 0.15) is 10.0 Å². The molecule has 0 aromatic carbocycles. The standard InChI is InChI=1S/C8H9ClF2N2O2S/c1-8(10,11)5-13-16(14,15)6-2-3-7(9)12-4-6/h2-4,13H,5H2,1H3. The highest BCUT2D eigenvalue weighted by atomic mass is 35.5. The first kappa shape index (κ1) is 13.3. The summed E-state index contributed by atoms with van der Waals surface area (Å²) in [6.45, 7) is -0.340. The van der Waals surface area contributed by atoms with Crippen LogP contribution < -0.4 is 4.72 Å². The van der Waals surface area contributed by atoms with Crippen LogP contribution in [-0.4, -0.2) is 25.9 Å². The van der Waals surface area contributed by atoms with Crippen molar-refractivity contribution in [3.05, 3.63) is 23.5 Å². The average Bonchev–Trinajstić information content (AvgIpc) is 2.15. The second kappa shape index (κ2) is 4.60. The fraction of sp³-hybridized carbons (Fsp3) is 0.375. The zero-order chi connectivity index (χ0) is 12.4. The molecule has 1 rings (SSSR count). The Kier molecular flexibility index (Phi) is 3.82. The maximum absolute atomic E-state index is 12.5. The number of pyridine rings is 1. The Morgan fingerprint density at radius 3 is 2.56 bits per heavy atom. The summed E-state index contributed by atoms with van der Waals surface area (Å²) in [5, 5.41) is 0.125. The van der Waals surface area contributed by atoms with Crippen molar-refractivity contribution in [2.45, 2.75) is 17.7 Å². The van der Waals surface area contributed by atoms with Crippen LogP contribution in [0, 0.1) is 0 Å². The van der Waals surface area contributed by atoms with Gasteiger partial charge in [0.15, 0.2) is 0 Å². The van der Waals surface area contributed by atoms with E-state index in [0.717, 1.165) is 6.20 Å². The minimum atomic E-state index is -3.96. The van der Waals surface area contributed by atoms with Crippen LogP contribution >= 0.6 is 11.6 Å². The number of halogens is 3. The summed E-state index contributed by atoms with van der Waals surface area (Å²) >= 11 is 5.47. The molecule has 1 heterocycles. The second-order valence-electron chi connectivity index (χ2n) is 3.21. The van der Waals surface area contributed by atoms with Crippen molar-refractivity contribution in [1.82, 2.24) is 9.71 Å². The molecule has 0 radical (unpaired) electrons. The summed E-state index contributed by atoms with van der Waals surface area (Å²) in [7, 11) is -3.96. The van der Waals surface area contributed by atoms with Gasteiger partial charge in [-0.2, -0.15) is 0 Å². The van der Waals surface area contributed by atoms with Gasteiger partial charge >= 0.3 is 0 Å². The number of nitrogens with one attached hydrogen (secondary N) is 1. The van der Waals surface area contributed by atoms with Crippen LogP contribution in [0.5, 0.6) is 0 Å². The molecule has 0 atom stereocenters. The fourth-order valence-electron chi connectivity index (χ4n) is 0.826. The summed E-state index contributed by atoms with van der Waals surface area (Å²) in [6, 6.07) is 2.45. The van der Waals surface area contributed by atoms with Crippen molar-refractivity contribution in [3.8, 4) is 0 Å². The van der Waals surface area contributed by atoms with Crippen LogP contribution in [0.2, 0.25) is 5.15 Å². The maximum atomic E-state index is 12.5. The number of rotatable bonds is 4. The van der Waals surface area contributed by atoms with E-state index in [-0.39, 0.29) is 10.0 Å². The summed E-state index contributed by atoms with van der Waals surface area (Å²) in [4.78, 5) is 3.34. The van der Waals surface area contributed by atoms with E-state index >= 15 is 0 Å². The molecular formula is C8H9ClF2N2O2S. The number of hydrogen-bond donors (Lipinski definition) is 1. The van der Waals surface area contributed by atoms with Crippen molar-refractivity contribution in [1.29, 1.82) is 0 Å². The molecule has 1 aromatic heterocycles. The first-order chi connectivity index (χ1) is 7.21. The Balaban J connectivity index is 2.83. The molecule has 0 amide bonds. The third-order valence-corrected chi connectivity index (χ3v) is 3.19. The van der Waals surface area contributed by atoms with Gasteiger partial charge in [-0.15, -0.1) is 0 Å². The summed E-state index contributed by atoms with van der Waals surface area (Å²) in [5.41, 5.74) is 0. The quantitative estimate of drug-likeness (QED) is 0.847. The van der Waals surface area contributed by atoms with Crippen molar-refractivity contribution >= 4 is 21.6 Å². The molecule has 16 heavy (non-hydrogen) atoms. The zero-order valence-electron chi connectivity index (χ0n) is 8.25. The van der Waals surface area contributed by atoms with E-state index in [9.17, 15) is 17.2 Å². The summed E-state index contributed by atoms with van der Waals surface area (Å²) in [5.74, 6) is -3.10. The number of aromatic nitrogens is 1. The average molecular weight is 271 g/mol. The van der Waals surface area contributed by atoms with E-state index in [0.29, 0.717) is 6.92 Å². The predicted octanol–water partition coefficient (Wildman–Crippen LogP) is 1.67. The molecule has 0 fully saturated rings. The van der Waals surface area contributed by atoms with Gasteiger partial charge in [-0.05, 0) is 12.1 Å². The molecule has 0 aliphatic carbocycles. The molecule has 1 N–H and O–H groups in total. The van der Waals surface area contributed by atoms with Gasteiger partial charge < -0.3 is 0 Å². The van der Waals surface area contributed by atoms with Gasteiger partial charge in [0.05, 0.1) is 6.54 Å². The van der Waals surface area contributed by atoms with Gasteiger partial charge in [-0.1, -0.05) is 11.6 Å². The molecule has 0 saturated carbocycles. The molecular weight excluding hydrogens is 262 g/mol. The van der Waals surface area contributed by atoms with Crippen LogP contribution in [0.4, 0.5) is 8.78 Å². The van der Waals surface area contributed by atoms with Crippen LogP contribution in [0.1, 0.15) is 6.92 Å². The third-order valence-electron chi connectivity index (χ3n) is 1.58. The lowest BCUT2D eigenvalue weighted by atomic mass is 10.4. The van der Waals surface area contributed by atoms with Crippen molar-refractivity contribution < 1.29 is 17.2 Å². The Labute approximate surface area is 96.7 Å². The minimum absolute atomic E-state index is 0.125. The molecule has 0 saturated heterocycles. The fourth-order valence-corrected chi connectivity index (χ4v) is 1.99. The largest absolute Gasteiger partial charge is 0.258 e. The molecule has 90 valence electrons. The van der Waals surface area contributed by atoms with E-state index in [1.165, 1.54) is 12.1 Å². The van der Waals surface area contributed by atoms with Crippen LogP contribution in [-0.2, 0) is 10.0 Å². The van der Waals surface area contributed by atoms with Gasteiger partial charge in [0.25, 0.3) is 5.92 Å². The highest BCUT2D eigenvalue weighted by Crippen LogP contribution is 2.13. The molecule has 4 nitrogen and oxygen atoms in total. The van der Waals surface area contributed by atoms with Gasteiger partial charge in [-0.25, -0.2) is 26.9 Å². The SMILES string of the molecule is CC(F)(F)CNS(=O)(=O)c1ccc(Cl)nc1. The molecule has 1 aromatic rings. The summed E-state index contributed by atoms with van der Waals surface area (Å²) in [6.07, 6.45) is 0.998. The Morgan fingerprint density at radius 1 is 1.50 bits per heavy atom. The maximum Gasteiger partial charge on any atom is 0.258 e. The van der Waals surface area contributed by atoms with E-state index < -0.39 is 22.5 Å². The second-order valence-corrected chi connectivity index (χ2v) is 5.37. The van der Waals surface area contributed by atoms with E-state index in [4.69, 9.17) is 11.6 Å². The Bertz CT molecular complexity index is 456. The monoisotopic (exact) mass is 270 g/mol. The number of nitrogens with zero attached hydrogens (tertiary/aromatic N) is 1. The van der Waals surface area contributed by atoms with Crippen LogP contribution in [0.25, 0.3) is 0 Å². The Hall–Kier alpha value is -0.790. The smallest absolute Gasteiger partial charge is 0.243 e. The number of sulfonamides is 1. The van der Waals surface area contributed by atoms with E-state index in [2.05, 4.69) is 4.98 Å². The molecule has 0 spiro atoms. The minimum Gasteiger partial charge on any atom is -0.243 e. The van der Waals surface area contributed by atoms with Crippen molar-refractivity contribution in [3.63, 3.8) is 0 Å². The highest BCUT2D eigenvalue weighted by Gasteiger charge is 2.25. The highest BCUT2D eigenvalue weighted by molar-refractivity contribution is 7.89. The topological polar surface area (TPSA) is 59.1 Å². The summed E-state index contributed by atoms with van der Waals surface area (Å²) < 4.78 is 49.6. The van der Waals surface area contributed by atoms with Crippen molar-refractivity contribution in [2.24, 2.45) is 0 Å². The lowest BCUT2D eigenvalue weighted by molar-refractivity contribution is 0.0281. The lowest BCUT2D eigenvalue weighted by Gasteiger charge is -2.11. The van der Waals surface area contributed by atoms with Gasteiger partial charge in [0, 0.05) is 13.1 Å². The molecule has 0 aliphatic rings. The first-order valence-electron chi connectivity index (χ1n) is 4.20. The molecule has 0 bridgehead atoms. The van der Waals surface area contributed by atoms with Gasteiger partial charge in [0.2, 0.25) is 10.0 Å². The first-order valence-corrected chi connectivity index (χ1v) is 6.06. The van der Waals surface area contributed by atoms with Crippen LogP contribution in [0.15, 0.2) is 23.2 Å². The van der Waals surface area contributed by atoms with Crippen LogP contribution in [0.3, 0.4) is 0 Å². The third kappa shape index (κ3) is 3.99. The van der Waals surface area contributed by atoms with Crippen molar-refractivity contribution in [2.75, 3.05) is 6.54 Å². The van der Waals surface area contributed by atoms with E-state index in [1.807, 2.05) is 0 Å². The number of alkyl halides is 2. The molecule has 0 unspecified atom stereocenters.